The first-order valence-corrected chi connectivity index (χ1v) is 10.2. The fourth-order valence-electron chi connectivity index (χ4n) is 2.57. The second kappa shape index (κ2) is 7.88. The van der Waals surface area contributed by atoms with Crippen molar-refractivity contribution in [3.05, 3.63) is 41.0 Å². The molecule has 1 amide bonds. The largest absolute Gasteiger partial charge is 0.497 e. The van der Waals surface area contributed by atoms with Gasteiger partial charge in [0.05, 0.1) is 17.3 Å². The molecule has 0 aliphatic heterocycles. The zero-order chi connectivity index (χ0) is 17.8. The summed E-state index contributed by atoms with van der Waals surface area (Å²) in [5.74, 6) is 1.47. The maximum absolute atomic E-state index is 12.6. The van der Waals surface area contributed by atoms with Crippen LogP contribution in [0.1, 0.15) is 17.4 Å². The normalized spacial score (nSPS) is 12.0. The molecule has 0 spiro atoms. The van der Waals surface area contributed by atoms with E-state index < -0.39 is 0 Å². The van der Waals surface area contributed by atoms with Crippen LogP contribution in [0.3, 0.4) is 0 Å². The molecule has 132 valence electrons. The van der Waals surface area contributed by atoms with Crippen LogP contribution in [0.25, 0.3) is 10.2 Å². The number of thioether (sulfide) groups is 1. The van der Waals surface area contributed by atoms with Gasteiger partial charge < -0.3 is 9.30 Å². The van der Waals surface area contributed by atoms with Crippen molar-refractivity contribution in [1.29, 1.82) is 0 Å². The van der Waals surface area contributed by atoms with E-state index in [0.29, 0.717) is 17.0 Å². The van der Waals surface area contributed by atoms with Crippen molar-refractivity contribution in [1.82, 2.24) is 14.3 Å². The summed E-state index contributed by atoms with van der Waals surface area (Å²) in [6, 6.07) is 7.63. The summed E-state index contributed by atoms with van der Waals surface area (Å²) in [6.45, 7) is 3.38. The van der Waals surface area contributed by atoms with Crippen molar-refractivity contribution in [3.8, 4) is 5.75 Å². The number of thiazole rings is 1. The molecule has 3 aromatic rings. The topological polar surface area (TPSA) is 61.4 Å². The molecule has 0 radical (unpaired) electrons. The van der Waals surface area contributed by atoms with Gasteiger partial charge in [0.15, 0.2) is 4.80 Å². The summed E-state index contributed by atoms with van der Waals surface area (Å²) < 4.78 is 10.2. The fraction of sp³-hybridized carbons (Fsp3) is 0.353. The van der Waals surface area contributed by atoms with Crippen LogP contribution in [-0.2, 0) is 13.1 Å². The Balaban J connectivity index is 2.12. The molecule has 25 heavy (non-hydrogen) atoms. The summed E-state index contributed by atoms with van der Waals surface area (Å²) in [5.41, 5.74) is 1.54. The highest BCUT2D eigenvalue weighted by Crippen LogP contribution is 2.23. The molecule has 0 aliphatic rings. The molecule has 0 fully saturated rings. The van der Waals surface area contributed by atoms with Gasteiger partial charge in [-0.3, -0.25) is 9.48 Å². The number of ether oxygens (including phenoxy) is 1. The van der Waals surface area contributed by atoms with E-state index in [0.717, 1.165) is 28.3 Å². The summed E-state index contributed by atoms with van der Waals surface area (Å²) in [6.07, 6.45) is 3.70. The highest BCUT2D eigenvalue weighted by molar-refractivity contribution is 7.98. The lowest BCUT2D eigenvalue weighted by atomic mass is 10.3. The molecule has 8 heteroatoms. The van der Waals surface area contributed by atoms with Crippen LogP contribution in [0.5, 0.6) is 5.75 Å². The standard InChI is InChI=1S/C17H20N4O2S2/c1-4-21-13(7-8-18-21)16(22)19-17-20(9-10-24-3)14-11-12(23-2)5-6-15(14)25-17/h5-8,11H,4,9-10H2,1-3H3. The van der Waals surface area contributed by atoms with Crippen LogP contribution in [0.4, 0.5) is 0 Å². The van der Waals surface area contributed by atoms with E-state index in [2.05, 4.69) is 20.9 Å². The average molecular weight is 377 g/mol. The van der Waals surface area contributed by atoms with E-state index in [4.69, 9.17) is 4.74 Å². The predicted octanol–water partition coefficient (Wildman–Crippen LogP) is 3.03. The molecule has 6 nitrogen and oxygen atoms in total. The number of carbonyl (C=O) groups excluding carboxylic acids is 1. The van der Waals surface area contributed by atoms with E-state index in [-0.39, 0.29) is 5.91 Å². The molecule has 1 aromatic carbocycles. The molecule has 2 heterocycles. The Morgan fingerprint density at radius 1 is 1.40 bits per heavy atom. The summed E-state index contributed by atoms with van der Waals surface area (Å²) in [5, 5.41) is 4.15. The number of aromatic nitrogens is 3. The lowest BCUT2D eigenvalue weighted by Gasteiger charge is -2.05. The molecule has 3 rings (SSSR count). The number of fused-ring (bicyclic) bond motifs is 1. The van der Waals surface area contributed by atoms with Crippen molar-refractivity contribution in [2.24, 2.45) is 4.99 Å². The first kappa shape index (κ1) is 17.8. The first-order chi connectivity index (χ1) is 12.2. The third-order valence-electron chi connectivity index (χ3n) is 3.84. The maximum atomic E-state index is 12.6. The van der Waals surface area contributed by atoms with Gasteiger partial charge in [-0.1, -0.05) is 11.3 Å². The minimum Gasteiger partial charge on any atom is -0.497 e. The Morgan fingerprint density at radius 3 is 2.96 bits per heavy atom. The Morgan fingerprint density at radius 2 is 2.24 bits per heavy atom. The third-order valence-corrected chi connectivity index (χ3v) is 5.49. The molecule has 0 saturated carbocycles. The highest BCUT2D eigenvalue weighted by atomic mass is 32.2. The van der Waals surface area contributed by atoms with Gasteiger partial charge in [0.1, 0.15) is 11.4 Å². The fourth-order valence-corrected chi connectivity index (χ4v) is 3.97. The van der Waals surface area contributed by atoms with E-state index >= 15 is 0 Å². The minimum atomic E-state index is -0.268. The van der Waals surface area contributed by atoms with E-state index in [9.17, 15) is 4.79 Å². The van der Waals surface area contributed by atoms with Crippen molar-refractivity contribution in [2.75, 3.05) is 19.1 Å². The summed E-state index contributed by atoms with van der Waals surface area (Å²) in [7, 11) is 1.65. The number of aryl methyl sites for hydroxylation is 2. The third kappa shape index (κ3) is 3.64. The molecule has 0 N–H and O–H groups in total. The molecule has 0 saturated heterocycles. The lowest BCUT2D eigenvalue weighted by molar-refractivity contribution is 0.0987. The van der Waals surface area contributed by atoms with Crippen LogP contribution in [0.15, 0.2) is 35.5 Å². The van der Waals surface area contributed by atoms with Crippen LogP contribution in [-0.4, -0.2) is 39.4 Å². The van der Waals surface area contributed by atoms with Crippen molar-refractivity contribution < 1.29 is 9.53 Å². The van der Waals surface area contributed by atoms with Gasteiger partial charge in [0, 0.05) is 31.1 Å². The smallest absolute Gasteiger partial charge is 0.297 e. The number of amides is 1. The molecular formula is C17H20N4O2S2. The zero-order valence-corrected chi connectivity index (χ0v) is 16.1. The number of methoxy groups -OCH3 is 1. The van der Waals surface area contributed by atoms with Crippen molar-refractivity contribution >= 4 is 39.2 Å². The van der Waals surface area contributed by atoms with Crippen molar-refractivity contribution in [3.63, 3.8) is 0 Å². The zero-order valence-electron chi connectivity index (χ0n) is 14.4. The second-order valence-electron chi connectivity index (χ2n) is 5.31. The number of hydrogen-bond acceptors (Lipinski definition) is 5. The van der Waals surface area contributed by atoms with Gasteiger partial charge in [-0.15, -0.1) is 0 Å². The van der Waals surface area contributed by atoms with E-state index in [1.807, 2.05) is 25.1 Å². The molecule has 0 atom stereocenters. The summed E-state index contributed by atoms with van der Waals surface area (Å²) in [4.78, 5) is 17.7. The molecular weight excluding hydrogens is 356 g/mol. The minimum absolute atomic E-state index is 0.268. The van der Waals surface area contributed by atoms with E-state index in [1.165, 1.54) is 11.3 Å². The first-order valence-electron chi connectivity index (χ1n) is 7.95. The number of rotatable bonds is 6. The maximum Gasteiger partial charge on any atom is 0.297 e. The van der Waals surface area contributed by atoms with Crippen LogP contribution < -0.4 is 9.54 Å². The Hall–Kier alpha value is -2.06. The molecule has 0 bridgehead atoms. The Bertz CT molecular complexity index is 955. The van der Waals surface area contributed by atoms with Gasteiger partial charge >= 0.3 is 0 Å². The number of hydrogen-bond donors (Lipinski definition) is 0. The second-order valence-corrected chi connectivity index (χ2v) is 7.31. The van der Waals surface area contributed by atoms with Crippen LogP contribution >= 0.6 is 23.1 Å². The van der Waals surface area contributed by atoms with Gasteiger partial charge in [0.2, 0.25) is 0 Å². The summed E-state index contributed by atoms with van der Waals surface area (Å²) >= 11 is 3.28. The molecule has 2 aromatic heterocycles. The Labute approximate surface area is 154 Å². The van der Waals surface area contributed by atoms with Gasteiger partial charge in [0.25, 0.3) is 5.91 Å². The predicted molar refractivity (Wildman–Crippen MR) is 103 cm³/mol. The van der Waals surface area contributed by atoms with Crippen LogP contribution in [0.2, 0.25) is 0 Å². The number of nitrogens with zero attached hydrogens (tertiary/aromatic N) is 4. The SMILES string of the molecule is CCn1nccc1C(=O)N=c1sc2ccc(OC)cc2n1CCSC. The van der Waals surface area contributed by atoms with Crippen LogP contribution in [0, 0.1) is 0 Å². The average Bonchev–Trinajstić information content (AvgIpc) is 3.23. The van der Waals surface area contributed by atoms with Gasteiger partial charge in [-0.05, 0) is 31.4 Å². The van der Waals surface area contributed by atoms with Crippen molar-refractivity contribution in [2.45, 2.75) is 20.0 Å². The lowest BCUT2D eigenvalue weighted by Crippen LogP contribution is -2.19. The molecule has 0 aliphatic carbocycles. The van der Waals surface area contributed by atoms with E-state index in [1.54, 1.807) is 35.8 Å². The highest BCUT2D eigenvalue weighted by Gasteiger charge is 2.13. The van der Waals surface area contributed by atoms with Gasteiger partial charge in [-0.25, -0.2) is 0 Å². The molecule has 0 unspecified atom stereocenters. The number of carbonyl (C=O) groups is 1. The van der Waals surface area contributed by atoms with Gasteiger partial charge in [-0.2, -0.15) is 21.9 Å². The quantitative estimate of drug-likeness (QED) is 0.663. The monoisotopic (exact) mass is 376 g/mol. The number of benzene rings is 1. The Kier molecular flexibility index (Phi) is 5.60.